The van der Waals surface area contributed by atoms with Crippen LogP contribution in [0.4, 0.5) is 13.6 Å². The number of hydrogen-bond donors (Lipinski definition) is 2. The molecular weight excluding hydrogens is 360 g/mol. The fourth-order valence-electron chi connectivity index (χ4n) is 2.94. The molecule has 142 valence electrons. The third kappa shape index (κ3) is 3.40. The maximum absolute atomic E-state index is 14.1. The first-order valence-electron chi connectivity index (χ1n) is 8.15. The minimum Gasteiger partial charge on any atom is -0.467 e. The number of imide groups is 1. The summed E-state index contributed by atoms with van der Waals surface area (Å²) in [6.45, 7) is 2.37. The highest BCUT2D eigenvalue weighted by Gasteiger charge is 2.50. The lowest BCUT2D eigenvalue weighted by molar-refractivity contribution is -0.135. The third-order valence-corrected chi connectivity index (χ3v) is 4.39. The van der Waals surface area contributed by atoms with Crippen LogP contribution in [0.2, 0.25) is 0 Å². The van der Waals surface area contributed by atoms with Gasteiger partial charge in [-0.25, -0.2) is 13.6 Å². The number of halogens is 2. The van der Waals surface area contributed by atoms with Gasteiger partial charge in [-0.15, -0.1) is 0 Å². The van der Waals surface area contributed by atoms with Crippen LogP contribution in [0.1, 0.15) is 31.2 Å². The summed E-state index contributed by atoms with van der Waals surface area (Å²) in [5.74, 6) is -2.54. The van der Waals surface area contributed by atoms with Crippen molar-refractivity contribution in [2.24, 2.45) is 0 Å². The first-order valence-corrected chi connectivity index (χ1v) is 8.15. The maximum atomic E-state index is 14.1. The Morgan fingerprint density at radius 2 is 2.07 bits per heavy atom. The van der Waals surface area contributed by atoms with E-state index in [2.05, 4.69) is 10.6 Å². The van der Waals surface area contributed by atoms with E-state index >= 15 is 0 Å². The molecule has 0 saturated carbocycles. The summed E-state index contributed by atoms with van der Waals surface area (Å²) in [6.07, 6.45) is 1.45. The fourth-order valence-corrected chi connectivity index (χ4v) is 2.94. The predicted octanol–water partition coefficient (Wildman–Crippen LogP) is 2.20. The van der Waals surface area contributed by atoms with Crippen LogP contribution in [0.25, 0.3) is 0 Å². The molecule has 1 aliphatic rings. The topological polar surface area (TPSA) is 91.7 Å². The Hall–Kier alpha value is -3.23. The Balaban J connectivity index is 1.76. The molecular formula is C18H17F2N3O4. The molecule has 2 heterocycles. The molecule has 0 unspecified atom stereocenters. The minimum absolute atomic E-state index is 0.312. The zero-order chi connectivity index (χ0) is 19.8. The van der Waals surface area contributed by atoms with Gasteiger partial charge in [-0.1, -0.05) is 0 Å². The van der Waals surface area contributed by atoms with Crippen LogP contribution >= 0.6 is 0 Å². The lowest BCUT2D eigenvalue weighted by Crippen LogP contribution is -2.44. The molecule has 1 fully saturated rings. The van der Waals surface area contributed by atoms with Crippen LogP contribution in [-0.4, -0.2) is 29.3 Å². The fraction of sp³-hybridized carbons (Fsp3) is 0.278. The van der Waals surface area contributed by atoms with Crippen molar-refractivity contribution in [2.75, 3.05) is 6.54 Å². The van der Waals surface area contributed by atoms with Gasteiger partial charge in [0.1, 0.15) is 29.5 Å². The van der Waals surface area contributed by atoms with Crippen molar-refractivity contribution in [1.29, 1.82) is 0 Å². The lowest BCUT2D eigenvalue weighted by Gasteiger charge is -2.23. The number of carbonyl (C=O) groups is 3. The molecule has 0 aliphatic carbocycles. The molecule has 2 atom stereocenters. The molecule has 4 amide bonds. The van der Waals surface area contributed by atoms with Crippen LogP contribution < -0.4 is 10.6 Å². The zero-order valence-corrected chi connectivity index (χ0v) is 14.6. The average Bonchev–Trinajstić information content (AvgIpc) is 3.21. The van der Waals surface area contributed by atoms with E-state index in [0.717, 1.165) is 18.2 Å². The van der Waals surface area contributed by atoms with E-state index in [-0.39, 0.29) is 5.56 Å². The van der Waals surface area contributed by atoms with Gasteiger partial charge in [-0.3, -0.25) is 14.5 Å². The van der Waals surface area contributed by atoms with E-state index in [0.29, 0.717) is 10.7 Å². The second-order valence-corrected chi connectivity index (χ2v) is 6.38. The molecule has 1 aliphatic heterocycles. The number of urea groups is 1. The van der Waals surface area contributed by atoms with Crippen molar-refractivity contribution >= 4 is 17.8 Å². The highest BCUT2D eigenvalue weighted by atomic mass is 19.1. The molecule has 2 N–H and O–H groups in total. The van der Waals surface area contributed by atoms with Crippen molar-refractivity contribution in [3.8, 4) is 0 Å². The SMILES string of the molecule is C[C@H](NC(=O)CN1C(=O)N[C@](C)(c2cc(F)ccc2F)C1=O)c1ccco1. The van der Waals surface area contributed by atoms with Gasteiger partial charge in [0.15, 0.2) is 0 Å². The summed E-state index contributed by atoms with van der Waals surface area (Å²) < 4.78 is 32.8. The van der Waals surface area contributed by atoms with Crippen molar-refractivity contribution in [2.45, 2.75) is 25.4 Å². The summed E-state index contributed by atoms with van der Waals surface area (Å²) in [4.78, 5) is 37.8. The molecule has 1 saturated heterocycles. The van der Waals surface area contributed by atoms with Crippen molar-refractivity contribution in [1.82, 2.24) is 15.5 Å². The van der Waals surface area contributed by atoms with Crippen LogP contribution in [0.3, 0.4) is 0 Å². The van der Waals surface area contributed by atoms with E-state index in [1.54, 1.807) is 19.1 Å². The number of rotatable bonds is 5. The van der Waals surface area contributed by atoms with Crippen molar-refractivity contribution < 1.29 is 27.6 Å². The van der Waals surface area contributed by atoms with Crippen molar-refractivity contribution in [3.05, 3.63) is 59.6 Å². The number of amides is 4. The normalized spacial score (nSPS) is 20.5. The van der Waals surface area contributed by atoms with Gasteiger partial charge < -0.3 is 15.1 Å². The predicted molar refractivity (Wildman–Crippen MR) is 89.2 cm³/mol. The highest BCUT2D eigenvalue weighted by Crippen LogP contribution is 2.31. The van der Waals surface area contributed by atoms with Gasteiger partial charge in [0.2, 0.25) is 5.91 Å². The second-order valence-electron chi connectivity index (χ2n) is 6.38. The summed E-state index contributed by atoms with van der Waals surface area (Å²) in [5, 5.41) is 4.93. The van der Waals surface area contributed by atoms with Gasteiger partial charge in [-0.05, 0) is 44.2 Å². The standard InChI is InChI=1S/C18H17F2N3O4/c1-10(14-4-3-7-27-14)21-15(24)9-23-16(25)18(2,22-17(23)26)12-8-11(19)5-6-13(12)20/h3-8,10H,9H2,1-2H3,(H,21,24)(H,22,26)/t10-,18+/m0/s1. The average molecular weight is 377 g/mol. The van der Waals surface area contributed by atoms with Gasteiger partial charge >= 0.3 is 6.03 Å². The molecule has 2 aromatic rings. The van der Waals surface area contributed by atoms with E-state index in [1.165, 1.54) is 13.2 Å². The van der Waals surface area contributed by atoms with Crippen LogP contribution in [0.5, 0.6) is 0 Å². The van der Waals surface area contributed by atoms with E-state index in [9.17, 15) is 23.2 Å². The minimum atomic E-state index is -1.81. The molecule has 27 heavy (non-hydrogen) atoms. The van der Waals surface area contributed by atoms with Gasteiger partial charge in [0, 0.05) is 5.56 Å². The van der Waals surface area contributed by atoms with Crippen LogP contribution in [0.15, 0.2) is 41.0 Å². The Morgan fingerprint density at radius 3 is 2.74 bits per heavy atom. The smallest absolute Gasteiger partial charge is 0.325 e. The lowest BCUT2D eigenvalue weighted by atomic mass is 9.91. The number of benzene rings is 1. The van der Waals surface area contributed by atoms with E-state index < -0.39 is 47.6 Å². The molecule has 1 aromatic heterocycles. The number of nitrogens with one attached hydrogen (secondary N) is 2. The first-order chi connectivity index (χ1) is 12.7. The van der Waals surface area contributed by atoms with Crippen molar-refractivity contribution in [3.63, 3.8) is 0 Å². The van der Waals surface area contributed by atoms with Gasteiger partial charge in [-0.2, -0.15) is 0 Å². The summed E-state index contributed by atoms with van der Waals surface area (Å²) in [7, 11) is 0. The summed E-state index contributed by atoms with van der Waals surface area (Å²) in [5.41, 5.74) is -2.12. The number of carbonyl (C=O) groups excluding carboxylic acids is 3. The highest BCUT2D eigenvalue weighted by molar-refractivity contribution is 6.09. The van der Waals surface area contributed by atoms with Crippen LogP contribution in [0, 0.1) is 11.6 Å². The largest absolute Gasteiger partial charge is 0.467 e. The number of furan rings is 1. The molecule has 1 aromatic carbocycles. The molecule has 3 rings (SSSR count). The molecule has 7 nitrogen and oxygen atoms in total. The summed E-state index contributed by atoms with van der Waals surface area (Å²) in [6, 6.07) is 4.61. The Bertz CT molecular complexity index is 900. The van der Waals surface area contributed by atoms with Crippen LogP contribution in [-0.2, 0) is 15.1 Å². The Morgan fingerprint density at radius 1 is 1.33 bits per heavy atom. The monoisotopic (exact) mass is 377 g/mol. The molecule has 0 bridgehead atoms. The van der Waals surface area contributed by atoms with Gasteiger partial charge in [0.25, 0.3) is 5.91 Å². The van der Waals surface area contributed by atoms with Gasteiger partial charge in [0.05, 0.1) is 12.3 Å². The Labute approximate surface area is 153 Å². The Kier molecular flexibility index (Phi) is 4.69. The summed E-state index contributed by atoms with van der Waals surface area (Å²) >= 11 is 0. The molecule has 0 spiro atoms. The number of nitrogens with zero attached hydrogens (tertiary/aromatic N) is 1. The zero-order valence-electron chi connectivity index (χ0n) is 14.6. The third-order valence-electron chi connectivity index (χ3n) is 4.39. The van der Waals surface area contributed by atoms with E-state index in [1.807, 2.05) is 0 Å². The number of hydrogen-bond acceptors (Lipinski definition) is 4. The first kappa shape index (κ1) is 18.6. The second kappa shape index (κ2) is 6.82. The quantitative estimate of drug-likeness (QED) is 0.782. The molecule has 9 heteroatoms. The maximum Gasteiger partial charge on any atom is 0.325 e. The molecule has 0 radical (unpaired) electrons. The van der Waals surface area contributed by atoms with E-state index in [4.69, 9.17) is 4.42 Å².